The number of nitrogens with zero attached hydrogens (tertiary/aromatic N) is 3. The van der Waals surface area contributed by atoms with Gasteiger partial charge >= 0.3 is 0 Å². The molecule has 1 aliphatic heterocycles. The van der Waals surface area contributed by atoms with Gasteiger partial charge in [-0.15, -0.1) is 0 Å². The Hall–Kier alpha value is -1.51. The summed E-state index contributed by atoms with van der Waals surface area (Å²) in [4.78, 5) is 0. The van der Waals surface area contributed by atoms with Crippen molar-refractivity contribution in [2.24, 2.45) is 0 Å². The smallest absolute Gasteiger partial charge is 0.213 e. The molecule has 1 saturated heterocycles. The van der Waals surface area contributed by atoms with E-state index in [-0.39, 0.29) is 11.7 Å². The van der Waals surface area contributed by atoms with Gasteiger partial charge in [0.15, 0.2) is 4.77 Å². The van der Waals surface area contributed by atoms with Crippen molar-refractivity contribution in [3.63, 3.8) is 0 Å². The molecular formula is C16H22N4O2S2. The number of piperidine rings is 1. The molecule has 8 heteroatoms. The van der Waals surface area contributed by atoms with Gasteiger partial charge in [0.1, 0.15) is 5.82 Å². The molecule has 0 amide bonds. The average Bonchev–Trinajstić information content (AvgIpc) is 2.97. The number of rotatable bonds is 5. The van der Waals surface area contributed by atoms with Crippen LogP contribution in [0.1, 0.15) is 37.1 Å². The Kier molecular flexibility index (Phi) is 5.17. The molecule has 1 aromatic carbocycles. The lowest BCUT2D eigenvalue weighted by atomic mass is 9.98. The SMILES string of the molecule is CCS(=O)(=O)N1CCC[C@H](c2n[nH]c(=S)n2Cc2ccccc2)C1. The normalized spacial score (nSPS) is 19.5. The lowest BCUT2D eigenvalue weighted by molar-refractivity contribution is 0.305. The first-order valence-corrected chi connectivity index (χ1v) is 10.2. The van der Waals surface area contributed by atoms with E-state index in [4.69, 9.17) is 12.2 Å². The molecule has 130 valence electrons. The van der Waals surface area contributed by atoms with Crippen molar-refractivity contribution < 1.29 is 8.42 Å². The van der Waals surface area contributed by atoms with Crippen LogP contribution in [0.2, 0.25) is 0 Å². The van der Waals surface area contributed by atoms with Gasteiger partial charge in [0.25, 0.3) is 0 Å². The van der Waals surface area contributed by atoms with E-state index in [2.05, 4.69) is 10.2 Å². The van der Waals surface area contributed by atoms with Crippen LogP contribution in [0.3, 0.4) is 0 Å². The molecule has 1 aromatic heterocycles. The van der Waals surface area contributed by atoms with Crippen LogP contribution < -0.4 is 0 Å². The fourth-order valence-corrected chi connectivity index (χ4v) is 4.53. The quantitative estimate of drug-likeness (QED) is 0.826. The van der Waals surface area contributed by atoms with Crippen LogP contribution in [0.5, 0.6) is 0 Å². The fourth-order valence-electron chi connectivity index (χ4n) is 3.15. The first-order valence-electron chi connectivity index (χ1n) is 8.18. The molecule has 1 fully saturated rings. The molecule has 0 spiro atoms. The highest BCUT2D eigenvalue weighted by Gasteiger charge is 2.31. The van der Waals surface area contributed by atoms with Crippen LogP contribution in [-0.4, -0.2) is 46.3 Å². The van der Waals surface area contributed by atoms with E-state index in [1.54, 1.807) is 11.2 Å². The van der Waals surface area contributed by atoms with E-state index >= 15 is 0 Å². The summed E-state index contributed by atoms with van der Waals surface area (Å²) in [6, 6.07) is 10.1. The van der Waals surface area contributed by atoms with Gasteiger partial charge in [-0.2, -0.15) is 5.10 Å². The standard InChI is InChI=1S/C16H22N4O2S2/c1-2-24(21,22)19-10-6-9-14(12-19)15-17-18-16(23)20(15)11-13-7-4-3-5-8-13/h3-5,7-8,14H,2,6,9-12H2,1H3,(H,18,23)/t14-/m0/s1. The number of aromatic amines is 1. The van der Waals surface area contributed by atoms with Crippen molar-refractivity contribution in [1.29, 1.82) is 0 Å². The first-order chi connectivity index (χ1) is 11.5. The molecule has 2 heterocycles. The minimum absolute atomic E-state index is 0.0664. The molecule has 0 saturated carbocycles. The number of nitrogens with one attached hydrogen (secondary N) is 1. The Morgan fingerprint density at radius 2 is 2.08 bits per heavy atom. The minimum Gasteiger partial charge on any atom is -0.299 e. The van der Waals surface area contributed by atoms with Gasteiger partial charge in [0, 0.05) is 19.0 Å². The second-order valence-electron chi connectivity index (χ2n) is 6.06. The molecule has 3 rings (SSSR count). The number of aromatic nitrogens is 3. The molecule has 0 radical (unpaired) electrons. The highest BCUT2D eigenvalue weighted by atomic mass is 32.2. The van der Waals surface area contributed by atoms with Gasteiger partial charge in [-0.1, -0.05) is 30.3 Å². The molecule has 0 bridgehead atoms. The number of H-pyrrole nitrogens is 1. The molecular weight excluding hydrogens is 344 g/mol. The third-order valence-corrected chi connectivity index (χ3v) is 6.64. The van der Waals surface area contributed by atoms with Crippen LogP contribution >= 0.6 is 12.2 Å². The van der Waals surface area contributed by atoms with E-state index in [0.717, 1.165) is 24.2 Å². The predicted octanol–water partition coefficient (Wildman–Crippen LogP) is 2.52. The summed E-state index contributed by atoms with van der Waals surface area (Å²) in [5, 5.41) is 7.27. The maximum atomic E-state index is 12.2. The Morgan fingerprint density at radius 1 is 1.33 bits per heavy atom. The third kappa shape index (κ3) is 3.60. The van der Waals surface area contributed by atoms with E-state index in [1.807, 2.05) is 34.9 Å². The molecule has 6 nitrogen and oxygen atoms in total. The largest absolute Gasteiger partial charge is 0.299 e. The Labute approximate surface area is 147 Å². The highest BCUT2D eigenvalue weighted by molar-refractivity contribution is 7.89. The van der Waals surface area contributed by atoms with E-state index in [1.165, 1.54) is 0 Å². The third-order valence-electron chi connectivity index (χ3n) is 4.48. The monoisotopic (exact) mass is 366 g/mol. The van der Waals surface area contributed by atoms with Crippen LogP contribution in [0, 0.1) is 4.77 Å². The van der Waals surface area contributed by atoms with Crippen molar-refractivity contribution in [1.82, 2.24) is 19.1 Å². The van der Waals surface area contributed by atoms with Gasteiger partial charge in [-0.05, 0) is 37.5 Å². The van der Waals surface area contributed by atoms with Gasteiger partial charge in [0.2, 0.25) is 10.0 Å². The number of hydrogen-bond acceptors (Lipinski definition) is 4. The second-order valence-corrected chi connectivity index (χ2v) is 8.70. The Morgan fingerprint density at radius 3 is 2.79 bits per heavy atom. The van der Waals surface area contributed by atoms with Crippen molar-refractivity contribution in [2.45, 2.75) is 32.2 Å². The highest BCUT2D eigenvalue weighted by Crippen LogP contribution is 2.27. The van der Waals surface area contributed by atoms with Crippen molar-refractivity contribution in [3.05, 3.63) is 46.5 Å². The number of benzene rings is 1. The van der Waals surface area contributed by atoms with Crippen molar-refractivity contribution in [2.75, 3.05) is 18.8 Å². The van der Waals surface area contributed by atoms with E-state index in [0.29, 0.717) is 24.4 Å². The van der Waals surface area contributed by atoms with Gasteiger partial charge in [-0.25, -0.2) is 12.7 Å². The second kappa shape index (κ2) is 7.16. The molecule has 1 atom stereocenters. The summed E-state index contributed by atoms with van der Waals surface area (Å²) in [7, 11) is -3.17. The van der Waals surface area contributed by atoms with Crippen molar-refractivity contribution in [3.8, 4) is 0 Å². The molecule has 1 aliphatic rings. The van der Waals surface area contributed by atoms with Crippen LogP contribution in [0.15, 0.2) is 30.3 Å². The summed E-state index contributed by atoms with van der Waals surface area (Å²) >= 11 is 5.38. The zero-order valence-corrected chi connectivity index (χ0v) is 15.3. The lowest BCUT2D eigenvalue weighted by Crippen LogP contribution is -2.40. The topological polar surface area (TPSA) is 71.0 Å². The van der Waals surface area contributed by atoms with E-state index in [9.17, 15) is 8.42 Å². The van der Waals surface area contributed by atoms with E-state index < -0.39 is 10.0 Å². The van der Waals surface area contributed by atoms with Crippen molar-refractivity contribution >= 4 is 22.2 Å². The summed E-state index contributed by atoms with van der Waals surface area (Å²) in [5.41, 5.74) is 1.14. The van der Waals surface area contributed by atoms with Gasteiger partial charge < -0.3 is 0 Å². The lowest BCUT2D eigenvalue weighted by Gasteiger charge is -2.31. The maximum absolute atomic E-state index is 12.2. The zero-order valence-electron chi connectivity index (χ0n) is 13.7. The number of hydrogen-bond donors (Lipinski definition) is 1. The summed E-state index contributed by atoms with van der Waals surface area (Å²) < 4.78 is 28.5. The molecule has 0 aliphatic carbocycles. The predicted molar refractivity (Wildman–Crippen MR) is 96.0 cm³/mol. The van der Waals surface area contributed by atoms with Gasteiger partial charge in [0.05, 0.1) is 12.3 Å². The zero-order chi connectivity index (χ0) is 17.2. The molecule has 2 aromatic rings. The minimum atomic E-state index is -3.17. The fraction of sp³-hybridized carbons (Fsp3) is 0.500. The summed E-state index contributed by atoms with van der Waals surface area (Å²) in [6.07, 6.45) is 1.76. The van der Waals surface area contributed by atoms with Crippen LogP contribution in [-0.2, 0) is 16.6 Å². The first kappa shape index (κ1) is 17.3. The van der Waals surface area contributed by atoms with Crippen LogP contribution in [0.25, 0.3) is 0 Å². The molecule has 1 N–H and O–H groups in total. The van der Waals surface area contributed by atoms with Gasteiger partial charge in [-0.3, -0.25) is 9.67 Å². The molecule has 0 unspecified atom stereocenters. The maximum Gasteiger partial charge on any atom is 0.213 e. The summed E-state index contributed by atoms with van der Waals surface area (Å²) in [6.45, 7) is 3.40. The summed E-state index contributed by atoms with van der Waals surface area (Å²) in [5.74, 6) is 1.05. The number of sulfonamides is 1. The Bertz CT molecular complexity index is 842. The molecule has 24 heavy (non-hydrogen) atoms. The van der Waals surface area contributed by atoms with Crippen LogP contribution in [0.4, 0.5) is 0 Å². The Balaban J connectivity index is 1.86. The average molecular weight is 367 g/mol.